The minimum atomic E-state index is -0.573. The van der Waals surface area contributed by atoms with Gasteiger partial charge in [-0.15, -0.1) is 0 Å². The average molecular weight is 307 g/mol. The van der Waals surface area contributed by atoms with Gasteiger partial charge in [0.15, 0.2) is 0 Å². The lowest BCUT2D eigenvalue weighted by atomic mass is 9.64. The lowest BCUT2D eigenvalue weighted by Crippen LogP contribution is -2.60. The van der Waals surface area contributed by atoms with Crippen molar-refractivity contribution in [2.45, 2.75) is 32.8 Å². The molecule has 1 spiro atoms. The molecule has 1 aliphatic carbocycles. The molecule has 0 bridgehead atoms. The van der Waals surface area contributed by atoms with Crippen LogP contribution in [0.3, 0.4) is 0 Å². The van der Waals surface area contributed by atoms with Crippen LogP contribution in [0.2, 0.25) is 0 Å². The SMILES string of the molecule is CC(C)(C)OC(=O)N1CC2(C=C(c3ccc(F)cc3F)C2)C1. The summed E-state index contributed by atoms with van der Waals surface area (Å²) in [5.41, 5.74) is 0.758. The molecule has 1 fully saturated rings. The second-order valence-corrected chi connectivity index (χ2v) is 7.17. The third kappa shape index (κ3) is 2.72. The summed E-state index contributed by atoms with van der Waals surface area (Å²) in [7, 11) is 0. The van der Waals surface area contributed by atoms with E-state index in [9.17, 15) is 13.6 Å². The second kappa shape index (κ2) is 4.80. The number of carbonyl (C=O) groups excluding carboxylic acids is 1. The van der Waals surface area contributed by atoms with Gasteiger partial charge in [0.2, 0.25) is 0 Å². The molecule has 118 valence electrons. The van der Waals surface area contributed by atoms with E-state index in [-0.39, 0.29) is 11.5 Å². The van der Waals surface area contributed by atoms with E-state index >= 15 is 0 Å². The maximum absolute atomic E-state index is 13.7. The maximum Gasteiger partial charge on any atom is 0.410 e. The summed E-state index contributed by atoms with van der Waals surface area (Å²) in [4.78, 5) is 13.5. The fourth-order valence-corrected chi connectivity index (χ4v) is 3.02. The highest BCUT2D eigenvalue weighted by molar-refractivity contribution is 5.76. The fourth-order valence-electron chi connectivity index (χ4n) is 3.02. The maximum atomic E-state index is 13.7. The molecule has 1 heterocycles. The standard InChI is InChI=1S/C17H19F2NO2/c1-16(2,3)22-15(21)20-9-17(10-20)7-11(8-17)13-5-4-12(18)6-14(13)19/h4-7H,8-10H2,1-3H3. The predicted octanol–water partition coefficient (Wildman–Crippen LogP) is 3.99. The molecule has 5 heteroatoms. The first kappa shape index (κ1) is 15.0. The highest BCUT2D eigenvalue weighted by atomic mass is 19.1. The Balaban J connectivity index is 1.62. The van der Waals surface area contributed by atoms with Crippen molar-refractivity contribution in [3.8, 4) is 0 Å². The van der Waals surface area contributed by atoms with Crippen LogP contribution in [0.25, 0.3) is 5.57 Å². The normalized spacial score (nSPS) is 19.3. The Labute approximate surface area is 128 Å². The quantitative estimate of drug-likeness (QED) is 0.785. The molecule has 0 atom stereocenters. The number of hydrogen-bond acceptors (Lipinski definition) is 2. The van der Waals surface area contributed by atoms with Crippen molar-refractivity contribution in [3.63, 3.8) is 0 Å². The van der Waals surface area contributed by atoms with E-state index < -0.39 is 17.2 Å². The van der Waals surface area contributed by atoms with Gasteiger partial charge in [-0.1, -0.05) is 6.08 Å². The number of allylic oxidation sites excluding steroid dienone is 1. The number of amides is 1. The Morgan fingerprint density at radius 1 is 1.27 bits per heavy atom. The number of carbonyl (C=O) groups is 1. The van der Waals surface area contributed by atoms with Gasteiger partial charge in [-0.25, -0.2) is 13.6 Å². The minimum Gasteiger partial charge on any atom is -0.444 e. The first-order valence-electron chi connectivity index (χ1n) is 7.33. The van der Waals surface area contributed by atoms with Crippen LogP contribution in [-0.2, 0) is 4.74 Å². The zero-order valence-electron chi connectivity index (χ0n) is 13.0. The van der Waals surface area contributed by atoms with Crippen molar-refractivity contribution in [2.24, 2.45) is 5.41 Å². The predicted molar refractivity (Wildman–Crippen MR) is 79.2 cm³/mol. The number of halogens is 2. The number of nitrogens with zero attached hydrogens (tertiary/aromatic N) is 1. The molecule has 1 aromatic carbocycles. The zero-order valence-corrected chi connectivity index (χ0v) is 13.0. The molecule has 1 amide bonds. The minimum absolute atomic E-state index is 0.0624. The van der Waals surface area contributed by atoms with Crippen molar-refractivity contribution in [1.82, 2.24) is 4.90 Å². The van der Waals surface area contributed by atoms with Crippen molar-refractivity contribution < 1.29 is 18.3 Å². The summed E-state index contributed by atoms with van der Waals surface area (Å²) < 4.78 is 32.0. The van der Waals surface area contributed by atoms with Gasteiger partial charge in [-0.05, 0) is 44.9 Å². The molecule has 0 radical (unpaired) electrons. The lowest BCUT2D eigenvalue weighted by molar-refractivity contribution is -0.0208. The highest BCUT2D eigenvalue weighted by Gasteiger charge is 2.50. The van der Waals surface area contributed by atoms with E-state index in [0.29, 0.717) is 25.1 Å². The molecule has 0 unspecified atom stereocenters. The third-order valence-corrected chi connectivity index (χ3v) is 3.96. The fraction of sp³-hybridized carbons (Fsp3) is 0.471. The number of ether oxygens (including phenoxy) is 1. The number of rotatable bonds is 1. The molecule has 3 rings (SSSR count). The van der Waals surface area contributed by atoms with Crippen LogP contribution >= 0.6 is 0 Å². The molecule has 22 heavy (non-hydrogen) atoms. The van der Waals surface area contributed by atoms with Gasteiger partial charge in [0.05, 0.1) is 0 Å². The first-order chi connectivity index (χ1) is 10.2. The molecule has 2 aliphatic rings. The average Bonchev–Trinajstić information content (AvgIpc) is 2.25. The Hall–Kier alpha value is -1.91. The third-order valence-electron chi connectivity index (χ3n) is 3.96. The summed E-state index contributed by atoms with van der Waals surface area (Å²) in [5.74, 6) is -1.11. The zero-order chi connectivity index (χ0) is 16.1. The molecule has 0 aromatic heterocycles. The van der Waals surface area contributed by atoms with E-state index in [0.717, 1.165) is 11.6 Å². The van der Waals surface area contributed by atoms with Crippen LogP contribution < -0.4 is 0 Å². The van der Waals surface area contributed by atoms with Crippen molar-refractivity contribution in [3.05, 3.63) is 41.5 Å². The van der Waals surface area contributed by atoms with Gasteiger partial charge in [-0.3, -0.25) is 0 Å². The van der Waals surface area contributed by atoms with Gasteiger partial charge in [0.1, 0.15) is 17.2 Å². The largest absolute Gasteiger partial charge is 0.444 e. The summed E-state index contributed by atoms with van der Waals surface area (Å²) in [6.07, 6.45) is 2.38. The number of likely N-dealkylation sites (tertiary alicyclic amines) is 1. The number of hydrogen-bond donors (Lipinski definition) is 0. The smallest absolute Gasteiger partial charge is 0.410 e. The summed E-state index contributed by atoms with van der Waals surface area (Å²) in [6, 6.07) is 3.63. The molecular formula is C17H19F2NO2. The van der Waals surface area contributed by atoms with Gasteiger partial charge in [-0.2, -0.15) is 0 Å². The van der Waals surface area contributed by atoms with Crippen LogP contribution in [0.5, 0.6) is 0 Å². The Bertz CT molecular complexity index is 655. The van der Waals surface area contributed by atoms with Crippen molar-refractivity contribution in [1.29, 1.82) is 0 Å². The van der Waals surface area contributed by atoms with E-state index in [1.54, 1.807) is 4.90 Å². The molecule has 1 aromatic rings. The van der Waals surface area contributed by atoms with E-state index in [4.69, 9.17) is 4.74 Å². The Morgan fingerprint density at radius 3 is 2.45 bits per heavy atom. The van der Waals surface area contributed by atoms with E-state index in [1.165, 1.54) is 12.1 Å². The van der Waals surface area contributed by atoms with Gasteiger partial charge < -0.3 is 9.64 Å². The van der Waals surface area contributed by atoms with Gasteiger partial charge in [0.25, 0.3) is 0 Å². The molecule has 0 N–H and O–H groups in total. The first-order valence-corrected chi connectivity index (χ1v) is 7.33. The summed E-state index contributed by atoms with van der Waals surface area (Å²) in [6.45, 7) is 6.68. The molecule has 3 nitrogen and oxygen atoms in total. The van der Waals surface area contributed by atoms with E-state index in [1.807, 2.05) is 26.8 Å². The topological polar surface area (TPSA) is 29.5 Å². The van der Waals surface area contributed by atoms with Crippen molar-refractivity contribution in [2.75, 3.05) is 13.1 Å². The second-order valence-electron chi connectivity index (χ2n) is 7.17. The van der Waals surface area contributed by atoms with Crippen LogP contribution in [0.1, 0.15) is 32.8 Å². The lowest BCUT2D eigenvalue weighted by Gasteiger charge is -2.53. The van der Waals surface area contributed by atoms with E-state index in [2.05, 4.69) is 0 Å². The summed E-state index contributed by atoms with van der Waals surface area (Å²) >= 11 is 0. The number of benzene rings is 1. The molecule has 1 aliphatic heterocycles. The van der Waals surface area contributed by atoms with Gasteiger partial charge in [0, 0.05) is 30.1 Å². The van der Waals surface area contributed by atoms with Crippen LogP contribution in [0.4, 0.5) is 13.6 Å². The molecule has 1 saturated heterocycles. The molecular weight excluding hydrogens is 288 g/mol. The summed E-state index contributed by atoms with van der Waals surface area (Å²) in [5, 5.41) is 0. The van der Waals surface area contributed by atoms with Crippen molar-refractivity contribution >= 4 is 11.7 Å². The molecule has 0 saturated carbocycles. The monoisotopic (exact) mass is 307 g/mol. The highest BCUT2D eigenvalue weighted by Crippen LogP contribution is 2.50. The Kier molecular flexibility index (Phi) is 3.27. The van der Waals surface area contributed by atoms with Crippen LogP contribution in [-0.4, -0.2) is 29.7 Å². The Morgan fingerprint density at radius 2 is 1.91 bits per heavy atom. The van der Waals surface area contributed by atoms with Crippen LogP contribution in [0.15, 0.2) is 24.3 Å². The van der Waals surface area contributed by atoms with Crippen LogP contribution in [0, 0.1) is 17.0 Å². The van der Waals surface area contributed by atoms with Gasteiger partial charge >= 0.3 is 6.09 Å².